The van der Waals surface area contributed by atoms with Crippen LogP contribution in [0.25, 0.3) is 16.6 Å². The number of carbonyl (C=O) groups is 1. The lowest BCUT2D eigenvalue weighted by molar-refractivity contribution is -0.133. The molecule has 0 bridgehead atoms. The van der Waals surface area contributed by atoms with Crippen molar-refractivity contribution in [1.29, 1.82) is 0 Å². The maximum Gasteiger partial charge on any atom is 0.266 e. The number of benzene rings is 2. The van der Waals surface area contributed by atoms with Crippen molar-refractivity contribution >= 4 is 16.8 Å². The van der Waals surface area contributed by atoms with E-state index in [9.17, 15) is 9.59 Å². The van der Waals surface area contributed by atoms with E-state index < -0.39 is 0 Å². The number of hydrogen-bond donors (Lipinski definition) is 0. The number of unbranched alkanes of at least 4 members (excludes halogenated alkanes) is 6. The summed E-state index contributed by atoms with van der Waals surface area (Å²) in [4.78, 5) is 34.4. The molecule has 0 aliphatic heterocycles. The second kappa shape index (κ2) is 14.0. The van der Waals surface area contributed by atoms with Crippen LogP contribution in [0.2, 0.25) is 0 Å². The summed E-state index contributed by atoms with van der Waals surface area (Å²) in [6.45, 7) is 9.19. The molecule has 1 amide bonds. The van der Waals surface area contributed by atoms with Crippen molar-refractivity contribution in [2.75, 3.05) is 6.54 Å². The molecule has 0 fully saturated rings. The first kappa shape index (κ1) is 27.6. The van der Waals surface area contributed by atoms with Gasteiger partial charge in [0, 0.05) is 13.0 Å². The van der Waals surface area contributed by atoms with E-state index in [2.05, 4.69) is 26.8 Å². The van der Waals surface area contributed by atoms with Gasteiger partial charge < -0.3 is 4.90 Å². The van der Waals surface area contributed by atoms with E-state index in [1.807, 2.05) is 54.3 Å². The molecule has 194 valence electrons. The van der Waals surface area contributed by atoms with E-state index in [4.69, 9.17) is 4.98 Å². The Hall–Kier alpha value is -2.95. The summed E-state index contributed by atoms with van der Waals surface area (Å²) >= 11 is 0. The largest absolute Gasteiger partial charge is 0.333 e. The van der Waals surface area contributed by atoms with Crippen molar-refractivity contribution in [3.8, 4) is 5.69 Å². The highest BCUT2D eigenvalue weighted by Gasteiger charge is 2.27. The third-order valence-corrected chi connectivity index (χ3v) is 7.07. The van der Waals surface area contributed by atoms with Gasteiger partial charge in [-0.1, -0.05) is 89.6 Å². The van der Waals surface area contributed by atoms with Gasteiger partial charge in [-0.3, -0.25) is 14.2 Å². The lowest BCUT2D eigenvalue weighted by Crippen LogP contribution is -2.38. The van der Waals surface area contributed by atoms with Crippen molar-refractivity contribution < 1.29 is 4.79 Å². The summed E-state index contributed by atoms with van der Waals surface area (Å²) < 4.78 is 1.76. The molecule has 36 heavy (non-hydrogen) atoms. The number of aryl methyl sites for hydroxylation is 1. The van der Waals surface area contributed by atoms with Crippen molar-refractivity contribution in [3.05, 3.63) is 70.3 Å². The number of amides is 1. The molecule has 0 aliphatic carbocycles. The third kappa shape index (κ3) is 6.63. The zero-order valence-corrected chi connectivity index (χ0v) is 22.6. The van der Waals surface area contributed by atoms with Crippen LogP contribution < -0.4 is 5.56 Å². The fraction of sp³-hybridized carbons (Fsp3) is 0.516. The van der Waals surface area contributed by atoms with E-state index in [1.165, 1.54) is 19.3 Å². The molecule has 3 aromatic rings. The molecule has 0 saturated carbocycles. The van der Waals surface area contributed by atoms with Gasteiger partial charge in [0.1, 0.15) is 5.82 Å². The number of hydrogen-bond acceptors (Lipinski definition) is 3. The minimum Gasteiger partial charge on any atom is -0.333 e. The Balaban J connectivity index is 2.06. The molecule has 1 atom stereocenters. The summed E-state index contributed by atoms with van der Waals surface area (Å²) in [7, 11) is 0. The monoisotopic (exact) mass is 489 g/mol. The lowest BCUT2D eigenvalue weighted by atomic mass is 10.1. The summed E-state index contributed by atoms with van der Waals surface area (Å²) in [5, 5.41) is 0.596. The maximum atomic E-state index is 13.9. The first-order chi connectivity index (χ1) is 17.5. The van der Waals surface area contributed by atoms with Crippen LogP contribution in [0, 0.1) is 0 Å². The Morgan fingerprint density at radius 1 is 0.889 bits per heavy atom. The number of aromatic nitrogens is 2. The summed E-state index contributed by atoms with van der Waals surface area (Å²) in [6.07, 6.45) is 10.0. The Labute approximate surface area is 216 Å². The predicted molar refractivity (Wildman–Crippen MR) is 150 cm³/mol. The molecule has 0 N–H and O–H groups in total. The highest BCUT2D eigenvalue weighted by Crippen LogP contribution is 2.26. The average molecular weight is 490 g/mol. The van der Waals surface area contributed by atoms with Gasteiger partial charge in [-0.25, -0.2) is 4.98 Å². The highest BCUT2D eigenvalue weighted by molar-refractivity contribution is 5.79. The van der Waals surface area contributed by atoms with Crippen molar-refractivity contribution in [2.45, 2.75) is 97.9 Å². The second-order valence-electron chi connectivity index (χ2n) is 9.74. The highest BCUT2D eigenvalue weighted by atomic mass is 16.2. The number of nitrogens with zero attached hydrogens (tertiary/aromatic N) is 3. The molecule has 0 saturated heterocycles. The van der Waals surface area contributed by atoms with E-state index in [0.717, 1.165) is 49.8 Å². The van der Waals surface area contributed by atoms with Gasteiger partial charge in [0.15, 0.2) is 0 Å². The van der Waals surface area contributed by atoms with Gasteiger partial charge in [0.25, 0.3) is 5.56 Å². The van der Waals surface area contributed by atoms with Gasteiger partial charge in [-0.05, 0) is 49.9 Å². The minimum atomic E-state index is -0.313. The second-order valence-corrected chi connectivity index (χ2v) is 9.74. The van der Waals surface area contributed by atoms with Crippen LogP contribution in [0.5, 0.6) is 0 Å². The topological polar surface area (TPSA) is 55.2 Å². The van der Waals surface area contributed by atoms with E-state index in [-0.39, 0.29) is 17.5 Å². The van der Waals surface area contributed by atoms with Crippen LogP contribution in [0.3, 0.4) is 0 Å². The SMILES string of the molecule is CCCCCCCC(=O)N(CCCCC)C(C)c1nc2ccccc2c(=O)n1-c1ccccc1CC. The van der Waals surface area contributed by atoms with Crippen LogP contribution in [0.4, 0.5) is 0 Å². The Kier molecular flexibility index (Phi) is 10.7. The molecule has 0 spiro atoms. The van der Waals surface area contributed by atoms with E-state index in [0.29, 0.717) is 29.7 Å². The third-order valence-electron chi connectivity index (χ3n) is 7.07. The number of carbonyl (C=O) groups excluding carboxylic acids is 1. The fourth-order valence-corrected chi connectivity index (χ4v) is 4.92. The molecule has 5 heteroatoms. The zero-order chi connectivity index (χ0) is 25.9. The standard InChI is InChI=1S/C31H43N3O2/c1-5-8-10-11-12-22-29(35)33(23-17-9-6-2)24(4)30-32-27-20-15-14-19-26(27)31(36)34(30)28-21-16-13-18-25(28)7-3/h13-16,18-21,24H,5-12,17,22-23H2,1-4H3. The number of rotatable bonds is 14. The van der Waals surface area contributed by atoms with E-state index in [1.54, 1.807) is 4.57 Å². The first-order valence-corrected chi connectivity index (χ1v) is 13.9. The van der Waals surface area contributed by atoms with Gasteiger partial charge >= 0.3 is 0 Å². The van der Waals surface area contributed by atoms with Crippen LogP contribution in [-0.2, 0) is 11.2 Å². The van der Waals surface area contributed by atoms with Crippen LogP contribution in [0.1, 0.15) is 103 Å². The molecular formula is C31H43N3O2. The molecular weight excluding hydrogens is 446 g/mol. The summed E-state index contributed by atoms with van der Waals surface area (Å²) in [5.41, 5.74) is 2.54. The number of fused-ring (bicyclic) bond motifs is 1. The normalized spacial score (nSPS) is 12.1. The predicted octanol–water partition coefficient (Wildman–Crippen LogP) is 7.39. The van der Waals surface area contributed by atoms with Crippen LogP contribution >= 0.6 is 0 Å². The molecule has 0 aliphatic rings. The maximum absolute atomic E-state index is 13.9. The Bertz CT molecular complexity index is 1180. The molecule has 3 rings (SSSR count). The van der Waals surface area contributed by atoms with Gasteiger partial charge in [-0.15, -0.1) is 0 Å². The lowest BCUT2D eigenvalue weighted by Gasteiger charge is -2.31. The summed E-state index contributed by atoms with van der Waals surface area (Å²) in [5.74, 6) is 0.795. The van der Waals surface area contributed by atoms with Gasteiger partial charge in [0.2, 0.25) is 5.91 Å². The Morgan fingerprint density at radius 3 is 2.31 bits per heavy atom. The van der Waals surface area contributed by atoms with Crippen molar-refractivity contribution in [2.24, 2.45) is 0 Å². The fourth-order valence-electron chi connectivity index (χ4n) is 4.92. The zero-order valence-electron chi connectivity index (χ0n) is 22.6. The average Bonchev–Trinajstić information content (AvgIpc) is 2.90. The molecule has 2 aromatic carbocycles. The molecule has 1 heterocycles. The quantitative estimate of drug-likeness (QED) is 0.222. The van der Waals surface area contributed by atoms with Crippen LogP contribution in [0.15, 0.2) is 53.3 Å². The molecule has 1 unspecified atom stereocenters. The van der Waals surface area contributed by atoms with E-state index >= 15 is 0 Å². The van der Waals surface area contributed by atoms with Gasteiger partial charge in [-0.2, -0.15) is 0 Å². The molecule has 0 radical (unpaired) electrons. The van der Waals surface area contributed by atoms with Crippen LogP contribution in [-0.4, -0.2) is 26.9 Å². The first-order valence-electron chi connectivity index (χ1n) is 13.9. The van der Waals surface area contributed by atoms with Crippen molar-refractivity contribution in [3.63, 3.8) is 0 Å². The van der Waals surface area contributed by atoms with Gasteiger partial charge in [0.05, 0.1) is 22.6 Å². The smallest absolute Gasteiger partial charge is 0.266 e. The number of para-hydroxylation sites is 2. The van der Waals surface area contributed by atoms with Crippen molar-refractivity contribution in [1.82, 2.24) is 14.5 Å². The Morgan fingerprint density at radius 2 is 1.56 bits per heavy atom. The summed E-state index contributed by atoms with van der Waals surface area (Å²) in [6, 6.07) is 15.2. The molecule has 1 aromatic heterocycles. The minimum absolute atomic E-state index is 0.0797. The molecule has 5 nitrogen and oxygen atoms in total.